The Balaban J connectivity index is 1.34. The zero-order valence-corrected chi connectivity index (χ0v) is 20.9. The van der Waals surface area contributed by atoms with Crippen molar-refractivity contribution in [3.05, 3.63) is 56.2 Å². The summed E-state index contributed by atoms with van der Waals surface area (Å²) in [6.45, 7) is 0.679. The molecule has 3 aliphatic rings. The molecular formula is C23H24ClIN2O6. The van der Waals surface area contributed by atoms with Gasteiger partial charge in [-0.05, 0) is 52.8 Å². The van der Waals surface area contributed by atoms with Gasteiger partial charge >= 0.3 is 5.97 Å². The fourth-order valence-corrected chi connectivity index (χ4v) is 5.46. The lowest BCUT2D eigenvalue weighted by atomic mass is 9.90. The van der Waals surface area contributed by atoms with Crippen LogP contribution in [0.2, 0.25) is 5.02 Å². The van der Waals surface area contributed by atoms with Gasteiger partial charge in [0.25, 0.3) is 5.91 Å². The first kappa shape index (κ1) is 24.2. The standard InChI is InChI=1S/C23H24ClIN2O6/c1-31-22(30)19-11-23(32-6-7-33-23)13-27(19)20(28)12-26-21(29)15-4-2-14(3-5-15)16-8-17(24)10-18(25)9-16/h2,4-5,8-10,14,19H,3,6-7,11-13H2,1H3,(H,26,29)/t14?,19-/m0/s1. The lowest BCUT2D eigenvalue weighted by Gasteiger charge is -2.23. The molecule has 2 fully saturated rings. The van der Waals surface area contributed by atoms with Gasteiger partial charge in [-0.3, -0.25) is 9.59 Å². The Morgan fingerprint density at radius 2 is 2.03 bits per heavy atom. The predicted molar refractivity (Wildman–Crippen MR) is 129 cm³/mol. The molecule has 0 bridgehead atoms. The normalized spacial score (nSPS) is 23.5. The van der Waals surface area contributed by atoms with Crippen LogP contribution in [0, 0.1) is 3.57 Å². The Hall–Kier alpha value is -1.95. The van der Waals surface area contributed by atoms with Crippen LogP contribution in [-0.4, -0.2) is 67.9 Å². The van der Waals surface area contributed by atoms with Gasteiger partial charge in [0.2, 0.25) is 5.91 Å². The molecular weight excluding hydrogens is 563 g/mol. The van der Waals surface area contributed by atoms with Crippen molar-refractivity contribution in [3.63, 3.8) is 0 Å². The molecule has 1 aliphatic carbocycles. The maximum atomic E-state index is 12.8. The van der Waals surface area contributed by atoms with Gasteiger partial charge in [-0.2, -0.15) is 0 Å². The summed E-state index contributed by atoms with van der Waals surface area (Å²) < 4.78 is 17.2. The highest BCUT2D eigenvalue weighted by Crippen LogP contribution is 2.35. The zero-order valence-electron chi connectivity index (χ0n) is 18.0. The second-order valence-corrected chi connectivity index (χ2v) is 9.80. The van der Waals surface area contributed by atoms with Crippen LogP contribution in [0.25, 0.3) is 0 Å². The van der Waals surface area contributed by atoms with Gasteiger partial charge in [0, 0.05) is 26.5 Å². The number of nitrogens with zero attached hydrogens (tertiary/aromatic N) is 1. The molecule has 176 valence electrons. The van der Waals surface area contributed by atoms with E-state index in [1.54, 1.807) is 6.08 Å². The number of hydrogen-bond donors (Lipinski definition) is 1. The van der Waals surface area contributed by atoms with E-state index in [1.807, 2.05) is 24.3 Å². The average Bonchev–Trinajstić information content (AvgIpc) is 3.43. The van der Waals surface area contributed by atoms with Crippen molar-refractivity contribution in [1.82, 2.24) is 10.2 Å². The van der Waals surface area contributed by atoms with E-state index in [0.29, 0.717) is 30.2 Å². The number of carbonyl (C=O) groups excluding carboxylic acids is 3. The fraction of sp³-hybridized carbons (Fsp3) is 0.435. The lowest BCUT2D eigenvalue weighted by Crippen LogP contribution is -2.46. The van der Waals surface area contributed by atoms with Gasteiger partial charge in [0.05, 0.1) is 33.4 Å². The molecule has 0 aromatic heterocycles. The van der Waals surface area contributed by atoms with Crippen molar-refractivity contribution in [2.45, 2.75) is 30.6 Å². The SMILES string of the molecule is COC(=O)[C@@H]1CC2(CN1C(=O)CNC(=O)C1=CCC(c3cc(Cl)cc(I)c3)C=C1)OCCO2. The average molecular weight is 587 g/mol. The van der Waals surface area contributed by atoms with Crippen LogP contribution >= 0.6 is 34.2 Å². The van der Waals surface area contributed by atoms with Gasteiger partial charge in [-0.25, -0.2) is 4.79 Å². The number of benzene rings is 1. The fourth-order valence-electron chi connectivity index (χ4n) is 4.34. The summed E-state index contributed by atoms with van der Waals surface area (Å²) in [5.41, 5.74) is 1.57. The van der Waals surface area contributed by atoms with Crippen molar-refractivity contribution in [2.24, 2.45) is 0 Å². The van der Waals surface area contributed by atoms with Crippen LogP contribution < -0.4 is 5.32 Å². The van der Waals surface area contributed by atoms with E-state index < -0.39 is 23.7 Å². The van der Waals surface area contributed by atoms with Crippen LogP contribution in [0.1, 0.15) is 24.3 Å². The number of nitrogens with one attached hydrogen (secondary N) is 1. The van der Waals surface area contributed by atoms with Gasteiger partial charge in [0.15, 0.2) is 5.79 Å². The van der Waals surface area contributed by atoms with Crippen molar-refractivity contribution < 1.29 is 28.6 Å². The number of methoxy groups -OCH3 is 1. The summed E-state index contributed by atoms with van der Waals surface area (Å²) in [5, 5.41) is 3.33. The molecule has 1 N–H and O–H groups in total. The minimum absolute atomic E-state index is 0.115. The lowest BCUT2D eigenvalue weighted by molar-refractivity contribution is -0.152. The third-order valence-corrected chi connectivity index (χ3v) is 6.82. The molecule has 2 aliphatic heterocycles. The topological polar surface area (TPSA) is 94.2 Å². The van der Waals surface area contributed by atoms with Crippen LogP contribution in [0.5, 0.6) is 0 Å². The highest BCUT2D eigenvalue weighted by molar-refractivity contribution is 14.1. The number of rotatable bonds is 5. The van der Waals surface area contributed by atoms with Gasteiger partial charge in [0.1, 0.15) is 6.04 Å². The van der Waals surface area contributed by atoms with E-state index in [0.717, 1.165) is 9.13 Å². The Morgan fingerprint density at radius 1 is 1.27 bits per heavy atom. The smallest absolute Gasteiger partial charge is 0.328 e. The van der Waals surface area contributed by atoms with E-state index in [9.17, 15) is 14.4 Å². The van der Waals surface area contributed by atoms with E-state index in [1.165, 1.54) is 12.0 Å². The Kier molecular flexibility index (Phi) is 7.42. The Morgan fingerprint density at radius 3 is 2.67 bits per heavy atom. The number of ether oxygens (including phenoxy) is 3. The third kappa shape index (κ3) is 5.42. The van der Waals surface area contributed by atoms with Crippen LogP contribution in [0.4, 0.5) is 0 Å². The molecule has 4 rings (SSSR count). The first-order valence-electron chi connectivity index (χ1n) is 10.6. The minimum atomic E-state index is -0.986. The zero-order chi connectivity index (χ0) is 23.6. The second kappa shape index (κ2) is 10.1. The Bertz CT molecular complexity index is 1000. The number of hydrogen-bond acceptors (Lipinski definition) is 6. The first-order valence-corrected chi connectivity index (χ1v) is 12.0. The van der Waals surface area contributed by atoms with Crippen molar-refractivity contribution in [2.75, 3.05) is 33.4 Å². The van der Waals surface area contributed by atoms with Crippen LogP contribution in [0.3, 0.4) is 0 Å². The van der Waals surface area contributed by atoms with Crippen molar-refractivity contribution in [1.29, 1.82) is 0 Å². The molecule has 33 heavy (non-hydrogen) atoms. The number of amides is 2. The molecule has 0 radical (unpaired) electrons. The Labute approximate surface area is 210 Å². The highest BCUT2D eigenvalue weighted by atomic mass is 127. The monoisotopic (exact) mass is 586 g/mol. The molecule has 10 heteroatoms. The number of likely N-dealkylation sites (tertiary alicyclic amines) is 1. The van der Waals surface area contributed by atoms with E-state index in [2.05, 4.69) is 34.0 Å². The predicted octanol–water partition coefficient (Wildman–Crippen LogP) is 2.55. The largest absolute Gasteiger partial charge is 0.467 e. The van der Waals surface area contributed by atoms with E-state index in [-0.39, 0.29) is 31.3 Å². The highest BCUT2D eigenvalue weighted by Gasteiger charge is 2.52. The maximum absolute atomic E-state index is 12.8. The molecule has 1 aromatic rings. The number of carbonyl (C=O) groups is 3. The quantitative estimate of drug-likeness (QED) is 0.421. The number of allylic oxidation sites excluding steroid dienone is 2. The molecule has 0 saturated carbocycles. The van der Waals surface area contributed by atoms with Crippen molar-refractivity contribution in [3.8, 4) is 0 Å². The minimum Gasteiger partial charge on any atom is -0.467 e. The summed E-state index contributed by atoms with van der Waals surface area (Å²) in [6, 6.07) is 5.07. The molecule has 2 atom stereocenters. The van der Waals surface area contributed by atoms with Crippen LogP contribution in [0.15, 0.2) is 42.0 Å². The first-order chi connectivity index (χ1) is 15.8. The maximum Gasteiger partial charge on any atom is 0.328 e. The third-order valence-electron chi connectivity index (χ3n) is 5.97. The molecule has 1 spiro atoms. The second-order valence-electron chi connectivity index (χ2n) is 8.12. The molecule has 2 amide bonds. The van der Waals surface area contributed by atoms with E-state index in [4.69, 9.17) is 25.8 Å². The molecule has 1 unspecified atom stereocenters. The summed E-state index contributed by atoms with van der Waals surface area (Å²) in [6.07, 6.45) is 6.42. The molecule has 1 aromatic carbocycles. The van der Waals surface area contributed by atoms with Crippen LogP contribution in [-0.2, 0) is 28.6 Å². The van der Waals surface area contributed by atoms with Gasteiger partial charge in [-0.1, -0.05) is 29.8 Å². The van der Waals surface area contributed by atoms with Crippen molar-refractivity contribution >= 4 is 52.0 Å². The molecule has 2 heterocycles. The number of halogens is 2. The summed E-state index contributed by atoms with van der Waals surface area (Å²) in [7, 11) is 1.27. The van der Waals surface area contributed by atoms with Gasteiger partial charge < -0.3 is 24.4 Å². The summed E-state index contributed by atoms with van der Waals surface area (Å²) in [4.78, 5) is 39.0. The van der Waals surface area contributed by atoms with Gasteiger partial charge in [-0.15, -0.1) is 0 Å². The number of esters is 1. The van der Waals surface area contributed by atoms with E-state index >= 15 is 0 Å². The summed E-state index contributed by atoms with van der Waals surface area (Å²) >= 11 is 8.39. The molecule has 8 nitrogen and oxygen atoms in total. The summed E-state index contributed by atoms with van der Waals surface area (Å²) in [5.74, 6) is -2.15. The molecule has 2 saturated heterocycles.